The molecule has 0 heterocycles. The molecule has 2 unspecified atom stereocenters. The first-order valence-electron chi connectivity index (χ1n) is 3.75. The average molecular weight is 157 g/mol. The van der Waals surface area contributed by atoms with Gasteiger partial charge in [0, 0.05) is 20.1 Å². The van der Waals surface area contributed by atoms with Crippen LogP contribution in [0, 0.1) is 5.92 Å². The first-order chi connectivity index (χ1) is 5.31. The molecule has 1 saturated carbocycles. The van der Waals surface area contributed by atoms with E-state index in [-0.39, 0.29) is 18.1 Å². The van der Waals surface area contributed by atoms with Crippen molar-refractivity contribution in [1.29, 1.82) is 0 Å². The van der Waals surface area contributed by atoms with Gasteiger partial charge in [-0.3, -0.25) is 4.79 Å². The molecule has 0 spiro atoms. The van der Waals surface area contributed by atoms with E-state index in [4.69, 9.17) is 9.47 Å². The number of ether oxygens (including phenoxy) is 2. The SMILES string of the molecule is COC1CC([C]=O)CC1OC. The van der Waals surface area contributed by atoms with Crippen LogP contribution in [0.25, 0.3) is 0 Å². The molecule has 0 bridgehead atoms. The van der Waals surface area contributed by atoms with E-state index in [1.807, 2.05) is 6.29 Å². The molecule has 1 fully saturated rings. The fourth-order valence-corrected chi connectivity index (χ4v) is 1.55. The summed E-state index contributed by atoms with van der Waals surface area (Å²) < 4.78 is 10.3. The second-order valence-corrected chi connectivity index (χ2v) is 2.83. The predicted octanol–water partition coefficient (Wildman–Crippen LogP) is 0.536. The van der Waals surface area contributed by atoms with E-state index in [2.05, 4.69) is 0 Å². The van der Waals surface area contributed by atoms with Crippen molar-refractivity contribution < 1.29 is 14.3 Å². The van der Waals surface area contributed by atoms with Gasteiger partial charge in [0.25, 0.3) is 0 Å². The Bertz CT molecular complexity index is 123. The Kier molecular flexibility index (Phi) is 3.02. The fraction of sp³-hybridized carbons (Fsp3) is 0.875. The Morgan fingerprint density at radius 1 is 1.18 bits per heavy atom. The van der Waals surface area contributed by atoms with Gasteiger partial charge in [0.05, 0.1) is 12.2 Å². The third kappa shape index (κ3) is 1.79. The predicted molar refractivity (Wildman–Crippen MR) is 40.0 cm³/mol. The van der Waals surface area contributed by atoms with E-state index in [1.165, 1.54) is 0 Å². The molecule has 3 nitrogen and oxygen atoms in total. The van der Waals surface area contributed by atoms with Crippen molar-refractivity contribution in [3.05, 3.63) is 0 Å². The zero-order valence-electron chi connectivity index (χ0n) is 6.87. The topological polar surface area (TPSA) is 35.5 Å². The zero-order chi connectivity index (χ0) is 8.27. The molecule has 0 amide bonds. The molecular formula is C8H13O3. The van der Waals surface area contributed by atoms with Crippen LogP contribution in [0.1, 0.15) is 12.8 Å². The van der Waals surface area contributed by atoms with Crippen LogP contribution in [-0.2, 0) is 14.3 Å². The van der Waals surface area contributed by atoms with Crippen molar-refractivity contribution in [3.8, 4) is 0 Å². The van der Waals surface area contributed by atoms with Crippen molar-refractivity contribution in [2.24, 2.45) is 5.92 Å². The molecular weight excluding hydrogens is 144 g/mol. The number of hydrogen-bond acceptors (Lipinski definition) is 3. The summed E-state index contributed by atoms with van der Waals surface area (Å²) in [4.78, 5) is 10.3. The lowest BCUT2D eigenvalue weighted by atomic mass is 10.1. The lowest BCUT2D eigenvalue weighted by Crippen LogP contribution is -2.23. The van der Waals surface area contributed by atoms with Crippen LogP contribution in [0.5, 0.6) is 0 Å². The van der Waals surface area contributed by atoms with Gasteiger partial charge < -0.3 is 9.47 Å². The molecule has 0 N–H and O–H groups in total. The van der Waals surface area contributed by atoms with Crippen LogP contribution >= 0.6 is 0 Å². The van der Waals surface area contributed by atoms with Gasteiger partial charge >= 0.3 is 0 Å². The minimum absolute atomic E-state index is 0.00454. The van der Waals surface area contributed by atoms with Crippen molar-refractivity contribution in [3.63, 3.8) is 0 Å². The van der Waals surface area contributed by atoms with Gasteiger partial charge in [-0.2, -0.15) is 0 Å². The van der Waals surface area contributed by atoms with E-state index in [0.29, 0.717) is 0 Å². The minimum Gasteiger partial charge on any atom is -0.379 e. The Balaban J connectivity index is 2.47. The van der Waals surface area contributed by atoms with Crippen molar-refractivity contribution in [2.45, 2.75) is 25.0 Å². The summed E-state index contributed by atoms with van der Waals surface area (Å²) in [5.74, 6) is 0.00454. The second kappa shape index (κ2) is 3.83. The lowest BCUT2D eigenvalue weighted by Gasteiger charge is -2.15. The Morgan fingerprint density at radius 2 is 1.64 bits per heavy atom. The van der Waals surface area contributed by atoms with E-state index >= 15 is 0 Å². The van der Waals surface area contributed by atoms with Crippen molar-refractivity contribution >= 4 is 6.29 Å². The lowest BCUT2D eigenvalue weighted by molar-refractivity contribution is -0.0157. The smallest absolute Gasteiger partial charge is 0.201 e. The quantitative estimate of drug-likeness (QED) is 0.599. The molecule has 1 aliphatic carbocycles. The summed E-state index contributed by atoms with van der Waals surface area (Å²) >= 11 is 0. The zero-order valence-corrected chi connectivity index (χ0v) is 6.87. The third-order valence-electron chi connectivity index (χ3n) is 2.22. The molecule has 1 aliphatic rings. The Labute approximate surface area is 66.7 Å². The standard InChI is InChI=1S/C8H13O3/c1-10-7-3-6(5-9)4-8(7)11-2/h6-8H,3-4H2,1-2H3. The highest BCUT2D eigenvalue weighted by Crippen LogP contribution is 2.28. The van der Waals surface area contributed by atoms with Gasteiger partial charge in [-0.25, -0.2) is 0 Å². The maximum absolute atomic E-state index is 10.3. The van der Waals surface area contributed by atoms with Crippen molar-refractivity contribution in [2.75, 3.05) is 14.2 Å². The van der Waals surface area contributed by atoms with E-state index < -0.39 is 0 Å². The van der Waals surface area contributed by atoms with Gasteiger partial charge in [0.15, 0.2) is 0 Å². The second-order valence-electron chi connectivity index (χ2n) is 2.83. The fourth-order valence-electron chi connectivity index (χ4n) is 1.55. The summed E-state index contributed by atoms with van der Waals surface area (Å²) in [6.07, 6.45) is 3.63. The average Bonchev–Trinajstić information content (AvgIpc) is 2.46. The molecule has 3 heteroatoms. The molecule has 1 rings (SSSR count). The van der Waals surface area contributed by atoms with Gasteiger partial charge in [0.2, 0.25) is 6.29 Å². The van der Waals surface area contributed by atoms with Crippen LogP contribution < -0.4 is 0 Å². The highest BCUT2D eigenvalue weighted by molar-refractivity contribution is 5.55. The molecule has 11 heavy (non-hydrogen) atoms. The van der Waals surface area contributed by atoms with Gasteiger partial charge in [-0.1, -0.05) is 0 Å². The van der Waals surface area contributed by atoms with E-state index in [0.717, 1.165) is 12.8 Å². The molecule has 63 valence electrons. The largest absolute Gasteiger partial charge is 0.379 e. The third-order valence-corrected chi connectivity index (χ3v) is 2.22. The molecule has 2 atom stereocenters. The van der Waals surface area contributed by atoms with Gasteiger partial charge in [-0.05, 0) is 12.8 Å². The van der Waals surface area contributed by atoms with Gasteiger partial charge in [-0.15, -0.1) is 0 Å². The monoisotopic (exact) mass is 157 g/mol. The summed E-state index contributed by atoms with van der Waals surface area (Å²) in [7, 11) is 3.29. The van der Waals surface area contributed by atoms with Crippen LogP contribution in [0.4, 0.5) is 0 Å². The molecule has 0 aromatic heterocycles. The van der Waals surface area contributed by atoms with Crippen LogP contribution in [0.2, 0.25) is 0 Å². The molecule has 1 radical (unpaired) electrons. The van der Waals surface area contributed by atoms with Crippen LogP contribution in [0.15, 0.2) is 0 Å². The summed E-state index contributed by atoms with van der Waals surface area (Å²) in [6.45, 7) is 0. The highest BCUT2D eigenvalue weighted by atomic mass is 16.5. The molecule has 0 saturated heterocycles. The van der Waals surface area contributed by atoms with Crippen LogP contribution in [-0.4, -0.2) is 32.7 Å². The highest BCUT2D eigenvalue weighted by Gasteiger charge is 2.34. The number of hydrogen-bond donors (Lipinski definition) is 0. The maximum Gasteiger partial charge on any atom is 0.201 e. The summed E-state index contributed by atoms with van der Waals surface area (Å²) in [5.41, 5.74) is 0. The minimum atomic E-state index is 0.00454. The van der Waals surface area contributed by atoms with Gasteiger partial charge in [0.1, 0.15) is 0 Å². The number of carbonyl (C=O) groups excluding carboxylic acids is 1. The van der Waals surface area contributed by atoms with Crippen molar-refractivity contribution in [1.82, 2.24) is 0 Å². The maximum atomic E-state index is 10.3. The Morgan fingerprint density at radius 3 is 1.91 bits per heavy atom. The van der Waals surface area contributed by atoms with E-state index in [9.17, 15) is 4.79 Å². The molecule has 0 aromatic carbocycles. The first-order valence-corrected chi connectivity index (χ1v) is 3.75. The number of methoxy groups -OCH3 is 2. The molecule has 0 aromatic rings. The normalized spacial score (nSPS) is 37.5. The summed E-state index contributed by atoms with van der Waals surface area (Å²) in [5, 5.41) is 0. The molecule has 0 aliphatic heterocycles. The summed E-state index contributed by atoms with van der Waals surface area (Å²) in [6, 6.07) is 0. The first kappa shape index (κ1) is 8.68. The van der Waals surface area contributed by atoms with Crippen LogP contribution in [0.3, 0.4) is 0 Å². The number of rotatable bonds is 3. The Hall–Kier alpha value is -0.410. The van der Waals surface area contributed by atoms with E-state index in [1.54, 1.807) is 14.2 Å².